The van der Waals surface area contributed by atoms with E-state index in [9.17, 15) is 4.79 Å². The summed E-state index contributed by atoms with van der Waals surface area (Å²) in [5.41, 5.74) is 0.527. The number of amides is 2. The number of ether oxygens (including phenoxy) is 1. The molecule has 2 atom stereocenters. The highest BCUT2D eigenvalue weighted by Crippen LogP contribution is 2.43. The van der Waals surface area contributed by atoms with Crippen LogP contribution in [0.3, 0.4) is 0 Å². The maximum Gasteiger partial charge on any atom is 0.322 e. The van der Waals surface area contributed by atoms with Crippen molar-refractivity contribution in [2.75, 3.05) is 7.11 Å². The van der Waals surface area contributed by atoms with Gasteiger partial charge in [-0.3, -0.25) is 0 Å². The van der Waals surface area contributed by atoms with Gasteiger partial charge >= 0.3 is 6.03 Å². The summed E-state index contributed by atoms with van der Waals surface area (Å²) in [6, 6.07) is 7.88. The lowest BCUT2D eigenvalue weighted by Crippen LogP contribution is -2.50. The molecule has 1 aromatic carbocycles. The van der Waals surface area contributed by atoms with Gasteiger partial charge in [-0.25, -0.2) is 4.79 Å². The predicted molar refractivity (Wildman–Crippen MR) is 98.3 cm³/mol. The minimum absolute atomic E-state index is 0.0562. The van der Waals surface area contributed by atoms with Crippen molar-refractivity contribution >= 4 is 6.03 Å². The predicted octanol–water partition coefficient (Wildman–Crippen LogP) is 4.63. The molecule has 1 fully saturated rings. The number of nitrogens with zero attached hydrogens (tertiary/aromatic N) is 2. The molecule has 4 heteroatoms. The molecule has 1 heterocycles. The molecule has 0 aromatic heterocycles. The Hall–Kier alpha value is -1.97. The topological polar surface area (TPSA) is 32.8 Å². The summed E-state index contributed by atoms with van der Waals surface area (Å²) < 4.78 is 5.26. The standard InChI is InChI=1S/C20H30N2O2/c1-9-16-17(14-10-12-15(24-8)13-11-14)22(20(5,6)7)18(23)21(16)19(2,3)4/h9-13,16-17H,1H2,2-8H3/t16-,17-/m1/s1. The Morgan fingerprint density at radius 1 is 1.00 bits per heavy atom. The van der Waals surface area contributed by atoms with Crippen LogP contribution in [0.4, 0.5) is 4.79 Å². The van der Waals surface area contributed by atoms with Gasteiger partial charge in [-0.15, -0.1) is 6.58 Å². The van der Waals surface area contributed by atoms with E-state index in [0.717, 1.165) is 11.3 Å². The molecule has 0 N–H and O–H groups in total. The lowest BCUT2D eigenvalue weighted by Gasteiger charge is -2.37. The highest BCUT2D eigenvalue weighted by Gasteiger charge is 2.52. The molecule has 1 aliphatic heterocycles. The molecule has 0 spiro atoms. The lowest BCUT2D eigenvalue weighted by atomic mass is 9.93. The van der Waals surface area contributed by atoms with Gasteiger partial charge in [0.1, 0.15) is 5.75 Å². The molecule has 1 aliphatic rings. The summed E-state index contributed by atoms with van der Waals surface area (Å²) in [6.45, 7) is 16.5. The minimum Gasteiger partial charge on any atom is -0.497 e. The molecule has 0 aliphatic carbocycles. The first-order valence-corrected chi connectivity index (χ1v) is 8.41. The van der Waals surface area contributed by atoms with E-state index in [1.807, 2.05) is 40.1 Å². The Bertz CT molecular complexity index is 608. The largest absolute Gasteiger partial charge is 0.497 e. The lowest BCUT2D eigenvalue weighted by molar-refractivity contribution is 0.123. The van der Waals surface area contributed by atoms with Crippen LogP contribution in [0, 0.1) is 0 Å². The highest BCUT2D eigenvalue weighted by molar-refractivity contribution is 5.80. The van der Waals surface area contributed by atoms with Crippen LogP contribution in [0.2, 0.25) is 0 Å². The van der Waals surface area contributed by atoms with Gasteiger partial charge in [0.05, 0.1) is 19.2 Å². The first-order valence-electron chi connectivity index (χ1n) is 8.41. The molecule has 0 radical (unpaired) electrons. The monoisotopic (exact) mass is 330 g/mol. The van der Waals surface area contributed by atoms with Gasteiger partial charge in [-0.2, -0.15) is 0 Å². The number of methoxy groups -OCH3 is 1. The zero-order valence-corrected chi connectivity index (χ0v) is 16.0. The molecular weight excluding hydrogens is 300 g/mol. The molecule has 4 nitrogen and oxygen atoms in total. The van der Waals surface area contributed by atoms with Gasteiger partial charge in [0.2, 0.25) is 0 Å². The Morgan fingerprint density at radius 2 is 1.50 bits per heavy atom. The summed E-state index contributed by atoms with van der Waals surface area (Å²) >= 11 is 0. The SMILES string of the molecule is C=C[C@@H]1[C@@H](c2ccc(OC)cc2)N(C(C)(C)C)C(=O)N1C(C)(C)C. The highest BCUT2D eigenvalue weighted by atomic mass is 16.5. The fourth-order valence-corrected chi connectivity index (χ4v) is 3.48. The van der Waals surface area contributed by atoms with E-state index < -0.39 is 0 Å². The number of carbonyl (C=O) groups is 1. The zero-order chi connectivity index (χ0) is 18.3. The van der Waals surface area contributed by atoms with Crippen molar-refractivity contribution in [3.63, 3.8) is 0 Å². The van der Waals surface area contributed by atoms with Gasteiger partial charge in [0, 0.05) is 11.1 Å². The number of rotatable bonds is 3. The summed E-state index contributed by atoms with van der Waals surface area (Å²) in [5.74, 6) is 0.813. The van der Waals surface area contributed by atoms with Gasteiger partial charge in [0.25, 0.3) is 0 Å². The minimum atomic E-state index is -0.289. The van der Waals surface area contributed by atoms with Crippen molar-refractivity contribution in [3.8, 4) is 5.75 Å². The molecular formula is C20H30N2O2. The van der Waals surface area contributed by atoms with Crippen LogP contribution in [0.1, 0.15) is 53.1 Å². The molecule has 0 bridgehead atoms. The number of urea groups is 1. The van der Waals surface area contributed by atoms with Crippen LogP contribution in [0.15, 0.2) is 36.9 Å². The summed E-state index contributed by atoms with van der Waals surface area (Å²) in [5, 5.41) is 0. The first kappa shape index (κ1) is 18.4. The van der Waals surface area contributed by atoms with Crippen LogP contribution in [0.5, 0.6) is 5.75 Å². The second kappa shape index (κ2) is 6.15. The van der Waals surface area contributed by atoms with E-state index in [-0.39, 0.29) is 29.2 Å². The zero-order valence-electron chi connectivity index (χ0n) is 16.0. The van der Waals surface area contributed by atoms with Gasteiger partial charge in [0.15, 0.2) is 0 Å². The number of benzene rings is 1. The molecule has 0 unspecified atom stereocenters. The van der Waals surface area contributed by atoms with Gasteiger partial charge < -0.3 is 14.5 Å². The van der Waals surface area contributed by atoms with E-state index in [1.165, 1.54) is 0 Å². The van der Waals surface area contributed by atoms with Crippen molar-refractivity contribution in [1.82, 2.24) is 9.80 Å². The average molecular weight is 330 g/mol. The molecule has 24 heavy (non-hydrogen) atoms. The summed E-state index contributed by atoms with van der Waals surface area (Å²) in [4.78, 5) is 17.2. The van der Waals surface area contributed by atoms with Crippen molar-refractivity contribution in [3.05, 3.63) is 42.5 Å². The fraction of sp³-hybridized carbons (Fsp3) is 0.550. The Kier molecular flexibility index (Phi) is 4.71. The van der Waals surface area contributed by atoms with Crippen LogP contribution < -0.4 is 4.74 Å². The first-order chi connectivity index (χ1) is 11.0. The van der Waals surface area contributed by atoms with E-state index in [2.05, 4.69) is 48.1 Å². The quantitative estimate of drug-likeness (QED) is 0.757. The third-order valence-corrected chi connectivity index (χ3v) is 4.46. The Balaban J connectivity index is 2.58. The molecule has 0 saturated carbocycles. The molecule has 1 aromatic rings. The maximum absolute atomic E-state index is 13.3. The van der Waals surface area contributed by atoms with Crippen LogP contribution >= 0.6 is 0 Å². The molecule has 1 saturated heterocycles. The number of carbonyl (C=O) groups excluding carboxylic acids is 1. The van der Waals surface area contributed by atoms with Crippen LogP contribution in [0.25, 0.3) is 0 Å². The van der Waals surface area contributed by atoms with Crippen molar-refractivity contribution in [2.45, 2.75) is 64.7 Å². The smallest absolute Gasteiger partial charge is 0.322 e. The second-order valence-electron chi connectivity index (χ2n) is 8.31. The van der Waals surface area contributed by atoms with E-state index in [0.29, 0.717) is 0 Å². The molecule has 132 valence electrons. The maximum atomic E-state index is 13.3. The summed E-state index contributed by atoms with van der Waals surface area (Å²) in [7, 11) is 1.66. The Labute approximate surface area is 146 Å². The molecule has 2 amide bonds. The van der Waals surface area contributed by atoms with Gasteiger partial charge in [-0.05, 0) is 59.2 Å². The number of hydrogen-bond acceptors (Lipinski definition) is 2. The van der Waals surface area contributed by atoms with Crippen LogP contribution in [-0.4, -0.2) is 40.1 Å². The van der Waals surface area contributed by atoms with E-state index in [4.69, 9.17) is 4.74 Å². The van der Waals surface area contributed by atoms with Crippen molar-refractivity contribution in [1.29, 1.82) is 0 Å². The average Bonchev–Trinajstić information content (AvgIpc) is 2.79. The second-order valence-corrected chi connectivity index (χ2v) is 8.31. The van der Waals surface area contributed by atoms with E-state index >= 15 is 0 Å². The Morgan fingerprint density at radius 3 is 1.88 bits per heavy atom. The van der Waals surface area contributed by atoms with E-state index in [1.54, 1.807) is 7.11 Å². The number of hydrogen-bond donors (Lipinski definition) is 0. The van der Waals surface area contributed by atoms with Gasteiger partial charge in [-0.1, -0.05) is 18.2 Å². The third-order valence-electron chi connectivity index (χ3n) is 4.46. The van der Waals surface area contributed by atoms with Crippen molar-refractivity contribution in [2.24, 2.45) is 0 Å². The van der Waals surface area contributed by atoms with Crippen LogP contribution in [-0.2, 0) is 0 Å². The third kappa shape index (κ3) is 3.14. The fourth-order valence-electron chi connectivity index (χ4n) is 3.48. The van der Waals surface area contributed by atoms with Crippen molar-refractivity contribution < 1.29 is 9.53 Å². The normalized spacial score (nSPS) is 22.0. The summed E-state index contributed by atoms with van der Waals surface area (Å²) in [6.07, 6.45) is 1.89. The molecule has 2 rings (SSSR count).